The first-order valence-electron chi connectivity index (χ1n) is 6.50. The van der Waals surface area contributed by atoms with Crippen molar-refractivity contribution in [3.63, 3.8) is 0 Å². The van der Waals surface area contributed by atoms with E-state index < -0.39 is 0 Å². The molecule has 1 aliphatic rings. The first kappa shape index (κ1) is 13.8. The molecule has 0 saturated carbocycles. The number of nitrogens with zero attached hydrogens (tertiary/aromatic N) is 1. The Morgan fingerprint density at radius 1 is 1.16 bits per heavy atom. The highest BCUT2D eigenvalue weighted by Crippen LogP contribution is 2.22. The lowest BCUT2D eigenvalue weighted by molar-refractivity contribution is 0.340. The van der Waals surface area contributed by atoms with Crippen molar-refractivity contribution in [1.82, 2.24) is 10.9 Å². The quantitative estimate of drug-likeness (QED) is 0.868. The lowest BCUT2D eigenvalue weighted by Gasteiger charge is -2.19. The zero-order valence-electron chi connectivity index (χ0n) is 11.3. The van der Waals surface area contributed by atoms with E-state index in [0.717, 1.165) is 35.1 Å². The summed E-state index contributed by atoms with van der Waals surface area (Å²) in [5, 5.41) is 2.98. The molecule has 19 heavy (non-hydrogen) atoms. The molecule has 1 heterocycles. The number of amidine groups is 1. The summed E-state index contributed by atoms with van der Waals surface area (Å²) in [5.74, 6) is 0.897. The third-order valence-electron chi connectivity index (χ3n) is 2.55. The number of hydrogen-bond donors (Lipinski definition) is 2. The molecule has 1 aliphatic heterocycles. The van der Waals surface area contributed by atoms with Gasteiger partial charge in [0, 0.05) is 17.5 Å². The molecule has 1 aromatic rings. The first-order valence-corrected chi connectivity index (χ1v) is 7.38. The molecule has 0 atom stereocenters. The average Bonchev–Trinajstić information content (AvgIpc) is 2.47. The van der Waals surface area contributed by atoms with Gasteiger partial charge in [0.15, 0.2) is 5.17 Å². The van der Waals surface area contributed by atoms with Crippen LogP contribution in [0.2, 0.25) is 0 Å². The molecule has 4 nitrogen and oxygen atoms in total. The number of aliphatic imine (C=N–C) groups is 1. The molecule has 0 aromatic heterocycles. The Labute approximate surface area is 118 Å². The average molecular weight is 277 g/mol. The summed E-state index contributed by atoms with van der Waals surface area (Å²) >= 11 is 1.60. The van der Waals surface area contributed by atoms with E-state index in [1.165, 1.54) is 0 Å². The Bertz CT molecular complexity index is 468. The minimum absolute atomic E-state index is 0.689. The summed E-state index contributed by atoms with van der Waals surface area (Å²) in [5.41, 5.74) is 8.44. The normalized spacial score (nSPS) is 16.5. The lowest BCUT2D eigenvalue weighted by atomic mass is 10.2. The second-order valence-corrected chi connectivity index (χ2v) is 4.90. The molecule has 0 aliphatic carbocycles. The number of rotatable bonds is 5. The summed E-state index contributed by atoms with van der Waals surface area (Å²) < 4.78 is 5.43. The van der Waals surface area contributed by atoms with Crippen LogP contribution in [-0.4, -0.2) is 18.3 Å². The fraction of sp³-hybridized carbons (Fsp3) is 0.357. The second-order valence-electron chi connectivity index (χ2n) is 4.04. The van der Waals surface area contributed by atoms with Crippen LogP contribution in [0.4, 0.5) is 0 Å². The highest BCUT2D eigenvalue weighted by molar-refractivity contribution is 8.16. The highest BCUT2D eigenvalue weighted by atomic mass is 32.2. The van der Waals surface area contributed by atoms with Crippen molar-refractivity contribution in [3.05, 3.63) is 35.2 Å². The monoisotopic (exact) mass is 277 g/mol. The van der Waals surface area contributed by atoms with Crippen LogP contribution in [0.1, 0.15) is 25.8 Å². The molecule has 2 N–H and O–H groups in total. The Balaban J connectivity index is 2.01. The minimum Gasteiger partial charge on any atom is -0.494 e. The van der Waals surface area contributed by atoms with Gasteiger partial charge in [0.05, 0.1) is 12.3 Å². The maximum Gasteiger partial charge on any atom is 0.179 e. The Morgan fingerprint density at radius 3 is 2.53 bits per heavy atom. The number of thioether (sulfide) groups is 1. The molecule has 1 aromatic carbocycles. The molecule has 2 rings (SSSR count). The van der Waals surface area contributed by atoms with Crippen molar-refractivity contribution in [2.75, 3.05) is 13.2 Å². The van der Waals surface area contributed by atoms with E-state index in [-0.39, 0.29) is 0 Å². The van der Waals surface area contributed by atoms with Crippen molar-refractivity contribution in [2.45, 2.75) is 20.3 Å². The summed E-state index contributed by atoms with van der Waals surface area (Å²) in [4.78, 5) is 4.41. The minimum atomic E-state index is 0.689. The highest BCUT2D eigenvalue weighted by Gasteiger charge is 2.09. The van der Waals surface area contributed by atoms with Crippen molar-refractivity contribution in [3.8, 4) is 5.75 Å². The molecular formula is C14H19N3OS. The summed E-state index contributed by atoms with van der Waals surface area (Å²) in [6.07, 6.45) is 1.06. The van der Waals surface area contributed by atoms with Gasteiger partial charge in [-0.05, 0) is 37.6 Å². The van der Waals surface area contributed by atoms with Crippen molar-refractivity contribution < 1.29 is 4.74 Å². The van der Waals surface area contributed by atoms with Crippen molar-refractivity contribution >= 4 is 22.6 Å². The fourth-order valence-corrected chi connectivity index (χ4v) is 2.32. The van der Waals surface area contributed by atoms with E-state index in [4.69, 9.17) is 4.74 Å². The van der Waals surface area contributed by atoms with Gasteiger partial charge in [0.1, 0.15) is 5.75 Å². The number of nitrogens with one attached hydrogen (secondary N) is 2. The van der Waals surface area contributed by atoms with E-state index in [2.05, 4.69) is 28.2 Å². The van der Waals surface area contributed by atoms with E-state index >= 15 is 0 Å². The van der Waals surface area contributed by atoms with Gasteiger partial charge in [-0.15, -0.1) is 0 Å². The molecular weight excluding hydrogens is 258 g/mol. The number of ether oxygens (including phenoxy) is 1. The zero-order valence-corrected chi connectivity index (χ0v) is 12.1. The van der Waals surface area contributed by atoms with Gasteiger partial charge in [0.2, 0.25) is 0 Å². The van der Waals surface area contributed by atoms with Crippen LogP contribution >= 0.6 is 11.8 Å². The molecule has 0 spiro atoms. The third kappa shape index (κ3) is 3.92. The predicted octanol–water partition coefficient (Wildman–Crippen LogP) is 2.99. The summed E-state index contributed by atoms with van der Waals surface area (Å²) in [6.45, 7) is 5.64. The van der Waals surface area contributed by atoms with E-state index in [1.54, 1.807) is 11.8 Å². The van der Waals surface area contributed by atoms with Crippen LogP contribution in [0, 0.1) is 0 Å². The zero-order chi connectivity index (χ0) is 13.5. The van der Waals surface area contributed by atoms with Gasteiger partial charge in [0.25, 0.3) is 0 Å². The molecule has 102 valence electrons. The van der Waals surface area contributed by atoms with Crippen LogP contribution in [0.3, 0.4) is 0 Å². The molecule has 5 heteroatoms. The van der Waals surface area contributed by atoms with Gasteiger partial charge in [-0.25, -0.2) is 0 Å². The maximum atomic E-state index is 5.43. The van der Waals surface area contributed by atoms with E-state index in [9.17, 15) is 0 Å². The Morgan fingerprint density at radius 2 is 1.95 bits per heavy atom. The Kier molecular flexibility index (Phi) is 5.15. The van der Waals surface area contributed by atoms with Crippen LogP contribution in [-0.2, 0) is 0 Å². The lowest BCUT2D eigenvalue weighted by Crippen LogP contribution is -2.37. The summed E-state index contributed by atoms with van der Waals surface area (Å²) in [6, 6.07) is 8.04. The Hall–Kier alpha value is -1.62. The van der Waals surface area contributed by atoms with Crippen LogP contribution < -0.4 is 15.6 Å². The van der Waals surface area contributed by atoms with Crippen LogP contribution in [0.5, 0.6) is 5.75 Å². The second kappa shape index (κ2) is 7.09. The van der Waals surface area contributed by atoms with Crippen molar-refractivity contribution in [1.29, 1.82) is 0 Å². The van der Waals surface area contributed by atoms with Gasteiger partial charge < -0.3 is 4.74 Å². The van der Waals surface area contributed by atoms with Gasteiger partial charge >= 0.3 is 0 Å². The largest absolute Gasteiger partial charge is 0.494 e. The predicted molar refractivity (Wildman–Crippen MR) is 82.0 cm³/mol. The van der Waals surface area contributed by atoms with Gasteiger partial charge in [-0.1, -0.05) is 18.7 Å². The van der Waals surface area contributed by atoms with E-state index in [0.29, 0.717) is 6.61 Å². The fourth-order valence-electron chi connectivity index (χ4n) is 1.62. The molecule has 0 unspecified atom stereocenters. The standard InChI is InChI=1S/C14H19N3OS/c1-3-9-15-14-17-16-13(10-19-14)11-5-7-12(8-6-11)18-4-2/h5-8,10,16H,3-4,9H2,1-2H3,(H,15,17). The first-order chi connectivity index (χ1) is 9.33. The summed E-state index contributed by atoms with van der Waals surface area (Å²) in [7, 11) is 0. The maximum absolute atomic E-state index is 5.43. The molecule has 0 bridgehead atoms. The topological polar surface area (TPSA) is 45.7 Å². The third-order valence-corrected chi connectivity index (χ3v) is 3.36. The molecule has 0 radical (unpaired) electrons. The van der Waals surface area contributed by atoms with Crippen molar-refractivity contribution in [2.24, 2.45) is 4.99 Å². The van der Waals surface area contributed by atoms with Gasteiger partial charge in [-0.2, -0.15) is 0 Å². The number of hydrogen-bond acceptors (Lipinski definition) is 4. The molecule has 0 amide bonds. The van der Waals surface area contributed by atoms with Gasteiger partial charge in [-0.3, -0.25) is 15.8 Å². The smallest absolute Gasteiger partial charge is 0.179 e. The SMILES string of the molecule is CCCN=C1NNC(c2ccc(OCC)cc2)=CS1. The molecule has 0 fully saturated rings. The van der Waals surface area contributed by atoms with Crippen LogP contribution in [0.15, 0.2) is 34.7 Å². The van der Waals surface area contributed by atoms with Crippen LogP contribution in [0.25, 0.3) is 5.70 Å². The molecule has 0 saturated heterocycles. The van der Waals surface area contributed by atoms with E-state index in [1.807, 2.05) is 31.2 Å². The number of benzene rings is 1. The number of hydrazine groups is 1.